The topological polar surface area (TPSA) is 58.4 Å². The highest BCUT2D eigenvalue weighted by atomic mass is 16.6. The summed E-state index contributed by atoms with van der Waals surface area (Å²) < 4.78 is 0. The molecule has 1 aliphatic heterocycles. The Bertz CT molecular complexity index is 522. The maximum Gasteiger partial charge on any atom is 0.269 e. The standard InChI is InChI=1S/C16H23N3O2/c1-12-10-15(19(20)21)4-5-16(12)18(14-2-3-14)11-13-6-8-17-9-7-13/h4-5,10,13-14,17H,2-3,6-9,11H2,1H3. The van der Waals surface area contributed by atoms with Gasteiger partial charge in [0.05, 0.1) is 4.92 Å². The van der Waals surface area contributed by atoms with Gasteiger partial charge in [0.1, 0.15) is 0 Å². The predicted molar refractivity (Wildman–Crippen MR) is 83.8 cm³/mol. The molecule has 2 aliphatic rings. The summed E-state index contributed by atoms with van der Waals surface area (Å²) in [4.78, 5) is 13.1. The zero-order chi connectivity index (χ0) is 14.8. The van der Waals surface area contributed by atoms with Gasteiger partial charge in [0.2, 0.25) is 0 Å². The molecule has 0 atom stereocenters. The van der Waals surface area contributed by atoms with E-state index in [1.807, 2.05) is 13.0 Å². The number of hydrogen-bond acceptors (Lipinski definition) is 4. The van der Waals surface area contributed by atoms with Gasteiger partial charge in [0.25, 0.3) is 5.69 Å². The summed E-state index contributed by atoms with van der Waals surface area (Å²) in [6, 6.07) is 5.92. The Labute approximate surface area is 125 Å². The fourth-order valence-electron chi connectivity index (χ4n) is 3.25. The number of anilines is 1. The first kappa shape index (κ1) is 14.3. The van der Waals surface area contributed by atoms with Crippen LogP contribution in [0.4, 0.5) is 11.4 Å². The van der Waals surface area contributed by atoms with E-state index in [4.69, 9.17) is 0 Å². The van der Waals surface area contributed by atoms with E-state index in [0.29, 0.717) is 6.04 Å². The zero-order valence-corrected chi connectivity index (χ0v) is 12.5. The summed E-state index contributed by atoms with van der Waals surface area (Å²) in [5, 5.41) is 14.3. The van der Waals surface area contributed by atoms with Gasteiger partial charge in [0, 0.05) is 30.4 Å². The summed E-state index contributed by atoms with van der Waals surface area (Å²) in [6.07, 6.45) is 4.97. The van der Waals surface area contributed by atoms with Crippen molar-refractivity contribution in [1.29, 1.82) is 0 Å². The zero-order valence-electron chi connectivity index (χ0n) is 12.5. The maximum atomic E-state index is 10.9. The number of rotatable bonds is 5. The molecule has 0 unspecified atom stereocenters. The van der Waals surface area contributed by atoms with Crippen LogP contribution in [-0.2, 0) is 0 Å². The molecule has 1 aromatic rings. The van der Waals surface area contributed by atoms with Gasteiger partial charge in [-0.25, -0.2) is 0 Å². The molecular formula is C16H23N3O2. The minimum atomic E-state index is -0.314. The largest absolute Gasteiger partial charge is 0.368 e. The lowest BCUT2D eigenvalue weighted by molar-refractivity contribution is -0.384. The highest BCUT2D eigenvalue weighted by Crippen LogP contribution is 2.36. The smallest absolute Gasteiger partial charge is 0.269 e. The first-order chi connectivity index (χ1) is 10.1. The van der Waals surface area contributed by atoms with Crippen molar-refractivity contribution in [2.45, 2.75) is 38.6 Å². The number of non-ortho nitro benzene ring substituents is 1. The number of hydrogen-bond donors (Lipinski definition) is 1. The van der Waals surface area contributed by atoms with Crippen molar-refractivity contribution >= 4 is 11.4 Å². The van der Waals surface area contributed by atoms with E-state index >= 15 is 0 Å². The van der Waals surface area contributed by atoms with Crippen LogP contribution < -0.4 is 10.2 Å². The van der Waals surface area contributed by atoms with E-state index in [1.165, 1.54) is 31.4 Å². The second-order valence-electron chi connectivity index (χ2n) is 6.30. The average Bonchev–Trinajstić information content (AvgIpc) is 3.31. The van der Waals surface area contributed by atoms with Crippen molar-refractivity contribution in [3.8, 4) is 0 Å². The highest BCUT2D eigenvalue weighted by molar-refractivity contribution is 5.58. The van der Waals surface area contributed by atoms with Crippen LogP contribution in [0.5, 0.6) is 0 Å². The van der Waals surface area contributed by atoms with Crippen LogP contribution in [0.15, 0.2) is 18.2 Å². The predicted octanol–water partition coefficient (Wildman–Crippen LogP) is 2.87. The van der Waals surface area contributed by atoms with E-state index in [-0.39, 0.29) is 10.6 Å². The first-order valence-corrected chi connectivity index (χ1v) is 7.87. The van der Waals surface area contributed by atoms with Gasteiger partial charge in [-0.05, 0) is 63.2 Å². The minimum absolute atomic E-state index is 0.189. The molecule has 1 aliphatic carbocycles. The quantitative estimate of drug-likeness (QED) is 0.669. The third-order valence-electron chi connectivity index (χ3n) is 4.60. The van der Waals surface area contributed by atoms with Crippen LogP contribution in [0.2, 0.25) is 0 Å². The highest BCUT2D eigenvalue weighted by Gasteiger charge is 2.32. The number of nitro groups is 1. The van der Waals surface area contributed by atoms with E-state index in [1.54, 1.807) is 12.1 Å². The van der Waals surface area contributed by atoms with E-state index in [2.05, 4.69) is 10.2 Å². The minimum Gasteiger partial charge on any atom is -0.368 e. The van der Waals surface area contributed by atoms with Gasteiger partial charge in [-0.3, -0.25) is 10.1 Å². The monoisotopic (exact) mass is 289 g/mol. The molecule has 1 saturated carbocycles. The number of aryl methyl sites for hydroxylation is 1. The van der Waals surface area contributed by atoms with Crippen LogP contribution in [-0.4, -0.2) is 30.6 Å². The summed E-state index contributed by atoms with van der Waals surface area (Å²) in [6.45, 7) is 5.30. The van der Waals surface area contributed by atoms with Crippen LogP contribution in [0, 0.1) is 23.0 Å². The Morgan fingerprint density at radius 3 is 2.57 bits per heavy atom. The molecule has 114 valence electrons. The lowest BCUT2D eigenvalue weighted by atomic mass is 9.97. The molecule has 3 rings (SSSR count). The van der Waals surface area contributed by atoms with Crippen molar-refractivity contribution in [3.63, 3.8) is 0 Å². The lowest BCUT2D eigenvalue weighted by Gasteiger charge is -2.32. The second kappa shape index (κ2) is 6.02. The number of nitrogens with one attached hydrogen (secondary N) is 1. The maximum absolute atomic E-state index is 10.9. The Morgan fingerprint density at radius 2 is 2.00 bits per heavy atom. The van der Waals surface area contributed by atoms with Gasteiger partial charge in [-0.15, -0.1) is 0 Å². The number of benzene rings is 1. The third-order valence-corrected chi connectivity index (χ3v) is 4.60. The number of nitrogens with zero attached hydrogens (tertiary/aromatic N) is 2. The Morgan fingerprint density at radius 1 is 1.29 bits per heavy atom. The fourth-order valence-corrected chi connectivity index (χ4v) is 3.25. The molecule has 0 amide bonds. The molecule has 0 spiro atoms. The van der Waals surface area contributed by atoms with E-state index < -0.39 is 0 Å². The molecule has 0 aromatic heterocycles. The fraction of sp³-hybridized carbons (Fsp3) is 0.625. The number of piperidine rings is 1. The van der Waals surface area contributed by atoms with Crippen LogP contribution in [0.1, 0.15) is 31.2 Å². The van der Waals surface area contributed by atoms with Crippen LogP contribution in [0.25, 0.3) is 0 Å². The normalized spacial score (nSPS) is 19.5. The third kappa shape index (κ3) is 3.35. The van der Waals surface area contributed by atoms with E-state index in [9.17, 15) is 10.1 Å². The Kier molecular flexibility index (Phi) is 4.10. The molecule has 1 aromatic carbocycles. The molecule has 21 heavy (non-hydrogen) atoms. The van der Waals surface area contributed by atoms with Gasteiger partial charge in [-0.1, -0.05) is 0 Å². The van der Waals surface area contributed by atoms with Crippen molar-refractivity contribution in [1.82, 2.24) is 5.32 Å². The second-order valence-corrected chi connectivity index (χ2v) is 6.30. The molecule has 1 saturated heterocycles. The molecule has 1 N–H and O–H groups in total. The molecule has 5 heteroatoms. The lowest BCUT2D eigenvalue weighted by Crippen LogP contribution is -2.37. The molecule has 2 fully saturated rings. The molecular weight excluding hydrogens is 266 g/mol. The van der Waals surface area contributed by atoms with E-state index in [0.717, 1.165) is 31.1 Å². The van der Waals surface area contributed by atoms with Crippen molar-refractivity contribution < 1.29 is 4.92 Å². The van der Waals surface area contributed by atoms with Crippen LogP contribution in [0.3, 0.4) is 0 Å². The summed E-state index contributed by atoms with van der Waals surface area (Å²) >= 11 is 0. The summed E-state index contributed by atoms with van der Waals surface area (Å²) in [5.41, 5.74) is 2.39. The van der Waals surface area contributed by atoms with Gasteiger partial charge >= 0.3 is 0 Å². The molecule has 0 radical (unpaired) electrons. The van der Waals surface area contributed by atoms with Crippen molar-refractivity contribution in [2.24, 2.45) is 5.92 Å². The first-order valence-electron chi connectivity index (χ1n) is 7.87. The van der Waals surface area contributed by atoms with Crippen molar-refractivity contribution in [2.75, 3.05) is 24.5 Å². The molecule has 1 heterocycles. The van der Waals surface area contributed by atoms with Crippen molar-refractivity contribution in [3.05, 3.63) is 33.9 Å². The summed E-state index contributed by atoms with van der Waals surface area (Å²) in [7, 11) is 0. The van der Waals surface area contributed by atoms with Crippen LogP contribution >= 0.6 is 0 Å². The summed E-state index contributed by atoms with van der Waals surface area (Å²) in [5.74, 6) is 0.737. The Balaban J connectivity index is 1.78. The Hall–Kier alpha value is -1.62. The molecule has 5 nitrogen and oxygen atoms in total. The van der Waals surface area contributed by atoms with Gasteiger partial charge < -0.3 is 10.2 Å². The van der Waals surface area contributed by atoms with Gasteiger partial charge in [-0.2, -0.15) is 0 Å². The average molecular weight is 289 g/mol. The number of nitro benzene ring substituents is 1. The molecule has 0 bridgehead atoms. The SMILES string of the molecule is Cc1cc([N+](=O)[O-])ccc1N(CC1CCNCC1)C1CC1. The van der Waals surface area contributed by atoms with Gasteiger partial charge in [0.15, 0.2) is 0 Å².